The van der Waals surface area contributed by atoms with Crippen LogP contribution < -0.4 is 10.6 Å². The van der Waals surface area contributed by atoms with E-state index in [-0.39, 0.29) is 10.9 Å². The Bertz CT molecular complexity index is 1100. The zero-order valence-electron chi connectivity index (χ0n) is 17.6. The van der Waals surface area contributed by atoms with Crippen molar-refractivity contribution >= 4 is 40.2 Å². The number of methoxy groups -OCH3 is 1. The molecule has 2 heterocycles. The fourth-order valence-electron chi connectivity index (χ4n) is 3.49. The molecule has 4 rings (SSSR count). The number of pyridine rings is 1. The summed E-state index contributed by atoms with van der Waals surface area (Å²) >= 11 is 5.84. The monoisotopic (exact) mass is 461 g/mol. The average molecular weight is 462 g/mol. The quantitative estimate of drug-likeness (QED) is 0.158. The van der Waals surface area contributed by atoms with E-state index in [4.69, 9.17) is 16.3 Å². The topological polar surface area (TPSA) is 111 Å². The van der Waals surface area contributed by atoms with Crippen molar-refractivity contribution < 1.29 is 14.3 Å². The molecule has 2 aromatic heterocycles. The van der Waals surface area contributed by atoms with Crippen LogP contribution in [0.25, 0.3) is 11.2 Å². The number of ether oxygens (including phenoxy) is 1. The highest BCUT2D eigenvalue weighted by Gasteiger charge is 2.28. The van der Waals surface area contributed by atoms with Crippen LogP contribution >= 0.6 is 11.6 Å². The first-order chi connectivity index (χ1) is 15.6. The summed E-state index contributed by atoms with van der Waals surface area (Å²) in [4.78, 5) is 14.4. The zero-order chi connectivity index (χ0) is 22.5. The molecule has 0 spiro atoms. The summed E-state index contributed by atoms with van der Waals surface area (Å²) in [7, 11) is 1.71. The van der Waals surface area contributed by atoms with Crippen molar-refractivity contribution in [3.63, 3.8) is 0 Å². The first kappa shape index (κ1) is 22.3. The van der Waals surface area contributed by atoms with Gasteiger partial charge in [0.2, 0.25) is 5.95 Å². The zero-order valence-corrected chi connectivity index (χ0v) is 18.4. The normalized spacial score (nSPS) is 14.3. The molecule has 0 saturated heterocycles. The second-order valence-corrected chi connectivity index (χ2v) is 7.94. The molecule has 0 amide bonds. The van der Waals surface area contributed by atoms with E-state index in [0.717, 1.165) is 13.1 Å². The van der Waals surface area contributed by atoms with Gasteiger partial charge in [-0.1, -0.05) is 16.8 Å². The number of nitrogens with zero attached hydrogens (tertiary/aromatic N) is 4. The molecule has 32 heavy (non-hydrogen) atoms. The van der Waals surface area contributed by atoms with E-state index in [2.05, 4.69) is 35.6 Å². The van der Waals surface area contributed by atoms with Gasteiger partial charge in [0.15, 0.2) is 11.5 Å². The highest BCUT2D eigenvalue weighted by molar-refractivity contribution is 6.31. The number of rotatable bonds is 10. The standard InChI is InChI=1S/C21H25ClFN7O2/c1-32-11-10-30(14-3-4-14)9-8-25-21-27-18-15(6-7-24-20(18)28-21)19(29-31)26-13-2-5-17(23)16(22)12-13/h2,5-7,12,14,31H,3-4,8-11H2,1H3,(H,26,29)(H2,24,25,27,28). The molecular formula is C21H25ClFN7O2. The maximum Gasteiger partial charge on any atom is 0.202 e. The summed E-state index contributed by atoms with van der Waals surface area (Å²) in [5, 5.41) is 19.2. The van der Waals surface area contributed by atoms with Crippen LogP contribution in [-0.2, 0) is 4.74 Å². The summed E-state index contributed by atoms with van der Waals surface area (Å²) in [6.07, 6.45) is 4.04. The third-order valence-corrected chi connectivity index (χ3v) is 5.56. The van der Waals surface area contributed by atoms with E-state index in [1.54, 1.807) is 19.4 Å². The molecule has 11 heteroatoms. The number of nitrogens with one attached hydrogen (secondary N) is 3. The summed E-state index contributed by atoms with van der Waals surface area (Å²) in [6, 6.07) is 6.48. The van der Waals surface area contributed by atoms with Crippen LogP contribution in [0.4, 0.5) is 16.0 Å². The van der Waals surface area contributed by atoms with Gasteiger partial charge in [0.1, 0.15) is 5.82 Å². The minimum Gasteiger partial charge on any atom is -0.409 e. The number of hydrogen-bond donors (Lipinski definition) is 4. The molecule has 9 nitrogen and oxygen atoms in total. The van der Waals surface area contributed by atoms with Gasteiger partial charge in [0.05, 0.1) is 17.1 Å². The summed E-state index contributed by atoms with van der Waals surface area (Å²) < 4.78 is 18.6. The lowest BCUT2D eigenvalue weighted by Crippen LogP contribution is -2.34. The van der Waals surface area contributed by atoms with E-state index in [1.165, 1.54) is 31.0 Å². The van der Waals surface area contributed by atoms with Crippen LogP contribution in [0.1, 0.15) is 18.4 Å². The number of hydrogen-bond acceptors (Lipinski definition) is 7. The maximum atomic E-state index is 13.4. The molecule has 0 bridgehead atoms. The smallest absolute Gasteiger partial charge is 0.202 e. The molecule has 1 aliphatic carbocycles. The summed E-state index contributed by atoms with van der Waals surface area (Å²) in [5.41, 5.74) is 2.10. The Morgan fingerprint density at radius 1 is 1.38 bits per heavy atom. The van der Waals surface area contributed by atoms with Gasteiger partial charge < -0.3 is 25.6 Å². The Kier molecular flexibility index (Phi) is 7.03. The van der Waals surface area contributed by atoms with Crippen molar-refractivity contribution in [3.05, 3.63) is 46.9 Å². The van der Waals surface area contributed by atoms with E-state index in [1.807, 2.05) is 0 Å². The third-order valence-electron chi connectivity index (χ3n) is 5.27. The van der Waals surface area contributed by atoms with Gasteiger partial charge in [-0.15, -0.1) is 0 Å². The fourth-order valence-corrected chi connectivity index (χ4v) is 3.67. The molecule has 1 aliphatic rings. The highest BCUT2D eigenvalue weighted by atomic mass is 35.5. The van der Waals surface area contributed by atoms with Gasteiger partial charge in [-0.3, -0.25) is 4.90 Å². The van der Waals surface area contributed by atoms with Gasteiger partial charge >= 0.3 is 0 Å². The fraction of sp³-hybridized carbons (Fsp3) is 0.381. The number of anilines is 2. The van der Waals surface area contributed by atoms with Gasteiger partial charge in [-0.05, 0) is 37.1 Å². The van der Waals surface area contributed by atoms with E-state index in [0.29, 0.717) is 47.6 Å². The van der Waals surface area contributed by atoms with Crippen LogP contribution in [0.5, 0.6) is 0 Å². The van der Waals surface area contributed by atoms with E-state index < -0.39 is 5.82 Å². The molecule has 4 N–H and O–H groups in total. The number of halogens is 2. The lowest BCUT2D eigenvalue weighted by Gasteiger charge is -2.21. The third kappa shape index (κ3) is 5.26. The number of aromatic amines is 1. The molecule has 1 saturated carbocycles. The van der Waals surface area contributed by atoms with E-state index in [9.17, 15) is 9.60 Å². The van der Waals surface area contributed by atoms with Crippen molar-refractivity contribution in [2.45, 2.75) is 18.9 Å². The Morgan fingerprint density at radius 3 is 2.94 bits per heavy atom. The molecule has 0 unspecified atom stereocenters. The van der Waals surface area contributed by atoms with Gasteiger partial charge in [0, 0.05) is 50.2 Å². The largest absolute Gasteiger partial charge is 0.409 e. The molecule has 0 atom stereocenters. The predicted molar refractivity (Wildman–Crippen MR) is 122 cm³/mol. The predicted octanol–water partition coefficient (Wildman–Crippen LogP) is 3.52. The maximum absolute atomic E-state index is 13.4. The highest BCUT2D eigenvalue weighted by Crippen LogP contribution is 2.26. The first-order valence-electron chi connectivity index (χ1n) is 10.3. The molecule has 3 aromatic rings. The number of imidazole rings is 1. The molecule has 0 aliphatic heterocycles. The summed E-state index contributed by atoms with van der Waals surface area (Å²) in [5.74, 6) is 0.192. The number of benzene rings is 1. The van der Waals surface area contributed by atoms with Gasteiger partial charge in [-0.2, -0.15) is 4.98 Å². The van der Waals surface area contributed by atoms with Crippen molar-refractivity contribution in [1.82, 2.24) is 19.9 Å². The average Bonchev–Trinajstić information content (AvgIpc) is 3.55. The molecule has 170 valence electrons. The van der Waals surface area contributed by atoms with E-state index >= 15 is 0 Å². The Hall–Kier alpha value is -2.95. The number of fused-ring (bicyclic) bond motifs is 1. The SMILES string of the molecule is COCCN(CCNc1nc2nccc(/C(=N/O)Nc3ccc(F)c(Cl)c3)c2[nH]1)C1CC1. The van der Waals surface area contributed by atoms with Crippen LogP contribution in [0.15, 0.2) is 35.6 Å². The van der Waals surface area contributed by atoms with Gasteiger partial charge in [0.25, 0.3) is 0 Å². The van der Waals surface area contributed by atoms with Crippen molar-refractivity contribution in [2.24, 2.45) is 5.16 Å². The Morgan fingerprint density at radius 2 is 2.22 bits per heavy atom. The second kappa shape index (κ2) is 10.1. The van der Waals surface area contributed by atoms with Crippen molar-refractivity contribution in [2.75, 3.05) is 44.0 Å². The molecule has 1 fully saturated rings. The van der Waals surface area contributed by atoms with Crippen LogP contribution in [0.3, 0.4) is 0 Å². The second-order valence-electron chi connectivity index (χ2n) is 7.53. The van der Waals surface area contributed by atoms with Crippen molar-refractivity contribution in [3.8, 4) is 0 Å². The van der Waals surface area contributed by atoms with Gasteiger partial charge in [-0.25, -0.2) is 9.37 Å². The minimum absolute atomic E-state index is 0.0362. The molecule has 1 aromatic carbocycles. The van der Waals surface area contributed by atoms with Crippen molar-refractivity contribution in [1.29, 1.82) is 0 Å². The Labute approximate surface area is 189 Å². The van der Waals surface area contributed by atoms with Crippen LogP contribution in [-0.4, -0.2) is 70.3 Å². The lowest BCUT2D eigenvalue weighted by molar-refractivity contribution is 0.146. The molecule has 0 radical (unpaired) electrons. The number of amidine groups is 1. The number of H-pyrrole nitrogens is 1. The molecular weight excluding hydrogens is 437 g/mol. The minimum atomic E-state index is -0.530. The number of aromatic nitrogens is 3. The number of oxime groups is 1. The lowest BCUT2D eigenvalue weighted by atomic mass is 10.2. The van der Waals surface area contributed by atoms with Crippen LogP contribution in [0.2, 0.25) is 5.02 Å². The first-order valence-corrected chi connectivity index (χ1v) is 10.7. The van der Waals surface area contributed by atoms with Crippen LogP contribution in [0, 0.1) is 5.82 Å². The summed E-state index contributed by atoms with van der Waals surface area (Å²) in [6.45, 7) is 3.21. The Balaban J connectivity index is 1.46.